The number of aromatic nitrogens is 2. The van der Waals surface area contributed by atoms with Gasteiger partial charge >= 0.3 is 0 Å². The summed E-state index contributed by atoms with van der Waals surface area (Å²) in [5.41, 5.74) is 2.48. The van der Waals surface area contributed by atoms with Crippen LogP contribution in [-0.2, 0) is 19.4 Å². The van der Waals surface area contributed by atoms with Gasteiger partial charge < -0.3 is 5.32 Å². The minimum Gasteiger partial charge on any atom is -0.317 e. The van der Waals surface area contributed by atoms with E-state index in [0.29, 0.717) is 5.92 Å². The zero-order chi connectivity index (χ0) is 15.3. The molecule has 1 aromatic rings. The Balaban J connectivity index is 3.01. The van der Waals surface area contributed by atoms with Crippen LogP contribution in [0.4, 0.5) is 0 Å². The average molecular weight is 300 g/mol. The summed E-state index contributed by atoms with van der Waals surface area (Å²) < 4.78 is 2.08. The van der Waals surface area contributed by atoms with E-state index in [0.717, 1.165) is 43.2 Å². The number of aryl methyl sites for hydroxylation is 2. The predicted molar refractivity (Wildman–Crippen MR) is 87.5 cm³/mol. The minimum absolute atomic E-state index is 0.251. The smallest absolute Gasteiger partial charge is 0.0849 e. The van der Waals surface area contributed by atoms with Gasteiger partial charge in [0.25, 0.3) is 0 Å². The Labute approximate surface area is 129 Å². The number of hydrogen-bond donors (Lipinski definition) is 1. The number of hydrogen-bond acceptors (Lipinski definition) is 2. The van der Waals surface area contributed by atoms with Gasteiger partial charge in [0.05, 0.1) is 16.4 Å². The van der Waals surface area contributed by atoms with Gasteiger partial charge in [-0.05, 0) is 44.2 Å². The van der Waals surface area contributed by atoms with Crippen molar-refractivity contribution in [3.8, 4) is 0 Å². The lowest BCUT2D eigenvalue weighted by molar-refractivity contribution is 0.228. The molecule has 1 rings (SSSR count). The maximum atomic E-state index is 6.53. The van der Waals surface area contributed by atoms with E-state index >= 15 is 0 Å². The molecule has 1 unspecified atom stereocenters. The van der Waals surface area contributed by atoms with E-state index in [9.17, 15) is 0 Å². The maximum Gasteiger partial charge on any atom is 0.0849 e. The van der Waals surface area contributed by atoms with Crippen LogP contribution in [-0.4, -0.2) is 22.9 Å². The van der Waals surface area contributed by atoms with Crippen molar-refractivity contribution in [2.24, 2.45) is 11.3 Å². The summed E-state index contributed by atoms with van der Waals surface area (Å²) in [4.78, 5) is 0. The third-order valence-corrected chi connectivity index (χ3v) is 4.44. The lowest BCUT2D eigenvalue weighted by Gasteiger charge is -2.31. The summed E-state index contributed by atoms with van der Waals surface area (Å²) in [6.45, 7) is 16.2. The molecule has 0 aliphatic rings. The van der Waals surface area contributed by atoms with Crippen molar-refractivity contribution >= 4 is 11.6 Å². The van der Waals surface area contributed by atoms with Crippen LogP contribution in [0.25, 0.3) is 0 Å². The molecule has 1 heterocycles. The molecule has 0 saturated carbocycles. The Hall–Kier alpha value is -0.540. The zero-order valence-corrected chi connectivity index (χ0v) is 14.6. The molecule has 0 bridgehead atoms. The molecule has 116 valence electrons. The van der Waals surface area contributed by atoms with Crippen molar-refractivity contribution in [1.29, 1.82) is 0 Å². The number of halogens is 1. The van der Waals surface area contributed by atoms with Crippen molar-refractivity contribution in [3.05, 3.63) is 16.4 Å². The van der Waals surface area contributed by atoms with Crippen LogP contribution >= 0.6 is 11.6 Å². The molecule has 0 saturated heterocycles. The Kier molecular flexibility index (Phi) is 6.53. The molecule has 0 amide bonds. The fourth-order valence-electron chi connectivity index (χ4n) is 2.45. The molecule has 0 aliphatic carbocycles. The van der Waals surface area contributed by atoms with E-state index in [1.807, 2.05) is 0 Å². The van der Waals surface area contributed by atoms with Crippen molar-refractivity contribution in [2.45, 2.75) is 60.9 Å². The summed E-state index contributed by atoms with van der Waals surface area (Å²) in [5.74, 6) is 0.548. The van der Waals surface area contributed by atoms with Gasteiger partial charge in [0.1, 0.15) is 0 Å². The number of rotatable bonds is 7. The molecular formula is C16H30ClN3. The highest BCUT2D eigenvalue weighted by atomic mass is 35.5. The van der Waals surface area contributed by atoms with Gasteiger partial charge in [-0.25, -0.2) is 0 Å². The van der Waals surface area contributed by atoms with Gasteiger partial charge in [-0.1, -0.05) is 46.2 Å². The summed E-state index contributed by atoms with van der Waals surface area (Å²) >= 11 is 6.53. The van der Waals surface area contributed by atoms with E-state index < -0.39 is 0 Å². The van der Waals surface area contributed by atoms with Crippen molar-refractivity contribution in [3.63, 3.8) is 0 Å². The van der Waals surface area contributed by atoms with Gasteiger partial charge in [0.2, 0.25) is 0 Å². The number of nitrogens with zero attached hydrogens (tertiary/aromatic N) is 2. The van der Waals surface area contributed by atoms with E-state index in [4.69, 9.17) is 11.6 Å². The highest BCUT2D eigenvalue weighted by molar-refractivity contribution is 6.31. The molecule has 0 fully saturated rings. The second kappa shape index (κ2) is 7.46. The molecule has 0 aromatic carbocycles. The summed E-state index contributed by atoms with van der Waals surface area (Å²) in [7, 11) is 0. The molecule has 0 radical (unpaired) electrons. The largest absolute Gasteiger partial charge is 0.317 e. The summed E-state index contributed by atoms with van der Waals surface area (Å²) in [6, 6.07) is 0. The average Bonchev–Trinajstić information content (AvgIpc) is 2.69. The van der Waals surface area contributed by atoms with Gasteiger partial charge in [0.15, 0.2) is 0 Å². The second-order valence-electron chi connectivity index (χ2n) is 6.45. The quantitative estimate of drug-likeness (QED) is 0.826. The fraction of sp³-hybridized carbons (Fsp3) is 0.812. The standard InChI is InChI=1S/C16H30ClN3/c1-7-13-15(17)14(20(9-3)19-13)10-12(11-18-8-2)16(4,5)6/h12,18H,7-11H2,1-6H3. The Morgan fingerprint density at radius 2 is 1.90 bits per heavy atom. The lowest BCUT2D eigenvalue weighted by Crippen LogP contribution is -2.34. The maximum absolute atomic E-state index is 6.53. The van der Waals surface area contributed by atoms with Crippen molar-refractivity contribution in [2.75, 3.05) is 13.1 Å². The van der Waals surface area contributed by atoms with E-state index in [-0.39, 0.29) is 5.41 Å². The lowest BCUT2D eigenvalue weighted by atomic mass is 9.78. The van der Waals surface area contributed by atoms with Crippen molar-refractivity contribution < 1.29 is 0 Å². The minimum atomic E-state index is 0.251. The Morgan fingerprint density at radius 1 is 1.25 bits per heavy atom. The molecule has 1 atom stereocenters. The van der Waals surface area contributed by atoms with Gasteiger partial charge in [-0.3, -0.25) is 4.68 Å². The van der Waals surface area contributed by atoms with E-state index in [1.165, 1.54) is 5.69 Å². The number of nitrogens with one attached hydrogen (secondary N) is 1. The summed E-state index contributed by atoms with van der Waals surface area (Å²) in [6.07, 6.45) is 1.88. The summed E-state index contributed by atoms with van der Waals surface area (Å²) in [5, 5.41) is 8.98. The van der Waals surface area contributed by atoms with Gasteiger partial charge in [0, 0.05) is 6.54 Å². The van der Waals surface area contributed by atoms with Crippen LogP contribution in [0, 0.1) is 11.3 Å². The molecule has 3 nitrogen and oxygen atoms in total. The molecule has 1 aromatic heterocycles. The monoisotopic (exact) mass is 299 g/mol. The van der Waals surface area contributed by atoms with Crippen LogP contribution < -0.4 is 5.32 Å². The van der Waals surface area contributed by atoms with Gasteiger partial charge in [-0.2, -0.15) is 5.10 Å². The Morgan fingerprint density at radius 3 is 2.35 bits per heavy atom. The fourth-order valence-corrected chi connectivity index (χ4v) is 2.79. The molecule has 20 heavy (non-hydrogen) atoms. The first-order chi connectivity index (χ1) is 9.35. The first-order valence-electron chi connectivity index (χ1n) is 7.79. The van der Waals surface area contributed by atoms with E-state index in [2.05, 4.69) is 56.6 Å². The van der Waals surface area contributed by atoms with Crippen molar-refractivity contribution in [1.82, 2.24) is 15.1 Å². The third-order valence-electron chi connectivity index (χ3n) is 4.00. The normalized spacial score (nSPS) is 13.8. The third kappa shape index (κ3) is 4.23. The zero-order valence-electron chi connectivity index (χ0n) is 13.9. The second-order valence-corrected chi connectivity index (χ2v) is 6.83. The highest BCUT2D eigenvalue weighted by Gasteiger charge is 2.27. The van der Waals surface area contributed by atoms with Crippen LogP contribution in [0.2, 0.25) is 5.02 Å². The predicted octanol–water partition coefficient (Wildman–Crippen LogP) is 3.93. The highest BCUT2D eigenvalue weighted by Crippen LogP contribution is 2.32. The van der Waals surface area contributed by atoms with Crippen LogP contribution in [0.1, 0.15) is 52.9 Å². The molecule has 4 heteroatoms. The Bertz CT molecular complexity index is 418. The van der Waals surface area contributed by atoms with E-state index in [1.54, 1.807) is 0 Å². The van der Waals surface area contributed by atoms with Crippen LogP contribution in [0.5, 0.6) is 0 Å². The molecule has 0 spiro atoms. The molecular weight excluding hydrogens is 270 g/mol. The van der Waals surface area contributed by atoms with Gasteiger partial charge in [-0.15, -0.1) is 0 Å². The molecule has 1 N–H and O–H groups in total. The van der Waals surface area contributed by atoms with Crippen LogP contribution in [0.3, 0.4) is 0 Å². The molecule has 0 aliphatic heterocycles. The first-order valence-corrected chi connectivity index (χ1v) is 8.17. The topological polar surface area (TPSA) is 29.9 Å². The SMILES string of the molecule is CCNCC(Cc1c(Cl)c(CC)nn1CC)C(C)(C)C. The first kappa shape index (κ1) is 17.5. The van der Waals surface area contributed by atoms with Crippen LogP contribution in [0.15, 0.2) is 0 Å².